The fraction of sp³-hybridized carbons (Fsp3) is 1.00. The number of hydrogen-bond acceptors (Lipinski definition) is 1. The van der Waals surface area contributed by atoms with Gasteiger partial charge in [0.2, 0.25) is 0 Å². The minimum absolute atomic E-state index is 0.678. The maximum Gasteiger partial charge on any atom is 0.0488 e. The molecule has 122 valence electrons. The van der Waals surface area contributed by atoms with Crippen molar-refractivity contribution in [2.75, 3.05) is 13.2 Å². The van der Waals surface area contributed by atoms with Crippen molar-refractivity contribution in [3.8, 4) is 0 Å². The van der Waals surface area contributed by atoms with E-state index in [0.29, 0.717) is 5.92 Å². The zero-order valence-electron chi connectivity index (χ0n) is 14.6. The van der Waals surface area contributed by atoms with Crippen LogP contribution in [-0.4, -0.2) is 13.2 Å². The molecule has 0 aliphatic carbocycles. The Labute approximate surface area is 128 Å². The second-order valence-corrected chi connectivity index (χ2v) is 6.71. The largest absolute Gasteiger partial charge is 0.381 e. The normalized spacial score (nSPS) is 11.4. The van der Waals surface area contributed by atoms with Crippen LogP contribution in [0, 0.1) is 5.92 Å². The quantitative estimate of drug-likeness (QED) is 0.285. The molecule has 20 heavy (non-hydrogen) atoms. The molecule has 0 spiro atoms. The lowest BCUT2D eigenvalue weighted by molar-refractivity contribution is 0.106. The highest BCUT2D eigenvalue weighted by Gasteiger charge is 1.95. The highest BCUT2D eigenvalue weighted by atomic mass is 16.5. The Morgan fingerprint density at radius 1 is 0.600 bits per heavy atom. The van der Waals surface area contributed by atoms with Gasteiger partial charge in [0.15, 0.2) is 0 Å². The van der Waals surface area contributed by atoms with Crippen molar-refractivity contribution in [3.05, 3.63) is 0 Å². The first-order valence-electron chi connectivity index (χ1n) is 9.35. The standard InChI is InChI=1S/C19H40O/c1-4-5-6-7-8-9-10-11-12-13-14-15-16-17-20-18-19(2)3/h19H,4-18H2,1-3H3. The summed E-state index contributed by atoms with van der Waals surface area (Å²) < 4.78 is 5.59. The van der Waals surface area contributed by atoms with Gasteiger partial charge < -0.3 is 4.74 Å². The monoisotopic (exact) mass is 284 g/mol. The number of unbranched alkanes of at least 4 members (excludes halogenated alkanes) is 12. The minimum atomic E-state index is 0.678. The Balaban J connectivity index is 2.92. The Hall–Kier alpha value is -0.0400. The number of ether oxygens (including phenoxy) is 1. The third kappa shape index (κ3) is 18.0. The van der Waals surface area contributed by atoms with Crippen molar-refractivity contribution < 1.29 is 4.74 Å². The molecule has 0 N–H and O–H groups in total. The molecular weight excluding hydrogens is 244 g/mol. The van der Waals surface area contributed by atoms with Crippen LogP contribution in [0.4, 0.5) is 0 Å². The topological polar surface area (TPSA) is 9.23 Å². The maximum atomic E-state index is 5.59. The van der Waals surface area contributed by atoms with E-state index >= 15 is 0 Å². The van der Waals surface area contributed by atoms with Gasteiger partial charge in [-0.3, -0.25) is 0 Å². The molecule has 0 rings (SSSR count). The van der Waals surface area contributed by atoms with Gasteiger partial charge in [-0.25, -0.2) is 0 Å². The Morgan fingerprint density at radius 3 is 1.40 bits per heavy atom. The van der Waals surface area contributed by atoms with Crippen LogP contribution in [0.3, 0.4) is 0 Å². The van der Waals surface area contributed by atoms with Gasteiger partial charge in [-0.2, -0.15) is 0 Å². The van der Waals surface area contributed by atoms with Gasteiger partial charge in [0.05, 0.1) is 0 Å². The lowest BCUT2D eigenvalue weighted by atomic mass is 10.0. The molecule has 0 aromatic carbocycles. The van der Waals surface area contributed by atoms with E-state index in [0.717, 1.165) is 13.2 Å². The molecule has 1 heteroatoms. The van der Waals surface area contributed by atoms with E-state index < -0.39 is 0 Å². The summed E-state index contributed by atoms with van der Waals surface area (Å²) in [4.78, 5) is 0. The lowest BCUT2D eigenvalue weighted by Crippen LogP contribution is -2.02. The molecule has 0 atom stereocenters. The van der Waals surface area contributed by atoms with E-state index in [1.54, 1.807) is 0 Å². The van der Waals surface area contributed by atoms with Crippen molar-refractivity contribution in [2.24, 2.45) is 5.92 Å². The van der Waals surface area contributed by atoms with Crippen molar-refractivity contribution in [3.63, 3.8) is 0 Å². The van der Waals surface area contributed by atoms with Crippen LogP contribution in [0.5, 0.6) is 0 Å². The van der Waals surface area contributed by atoms with E-state index in [2.05, 4.69) is 20.8 Å². The lowest BCUT2D eigenvalue weighted by Gasteiger charge is -2.06. The van der Waals surface area contributed by atoms with E-state index in [4.69, 9.17) is 4.74 Å². The van der Waals surface area contributed by atoms with Gasteiger partial charge in [0.1, 0.15) is 0 Å². The molecule has 0 aliphatic rings. The Kier molecular flexibility index (Phi) is 17.0. The predicted octanol–water partition coefficient (Wildman–Crippen LogP) is 6.75. The summed E-state index contributed by atoms with van der Waals surface area (Å²) in [6.45, 7) is 8.61. The third-order valence-corrected chi connectivity index (χ3v) is 3.84. The molecule has 0 aliphatic heterocycles. The van der Waals surface area contributed by atoms with Crippen molar-refractivity contribution in [1.82, 2.24) is 0 Å². The summed E-state index contributed by atoms with van der Waals surface area (Å²) in [6.07, 6.45) is 18.5. The maximum absolute atomic E-state index is 5.59. The Bertz CT molecular complexity index is 165. The molecule has 0 unspecified atom stereocenters. The molecule has 0 bridgehead atoms. The van der Waals surface area contributed by atoms with Gasteiger partial charge in [-0.15, -0.1) is 0 Å². The van der Waals surface area contributed by atoms with Gasteiger partial charge in [0, 0.05) is 13.2 Å². The van der Waals surface area contributed by atoms with E-state index in [9.17, 15) is 0 Å². The molecule has 0 heterocycles. The van der Waals surface area contributed by atoms with Crippen molar-refractivity contribution >= 4 is 0 Å². The summed E-state index contributed by atoms with van der Waals surface area (Å²) in [5, 5.41) is 0. The van der Waals surface area contributed by atoms with Gasteiger partial charge in [-0.05, 0) is 12.3 Å². The smallest absolute Gasteiger partial charge is 0.0488 e. The van der Waals surface area contributed by atoms with E-state index in [1.807, 2.05) is 0 Å². The average molecular weight is 285 g/mol. The van der Waals surface area contributed by atoms with Crippen LogP contribution >= 0.6 is 0 Å². The second kappa shape index (κ2) is 17.0. The molecule has 1 nitrogen and oxygen atoms in total. The van der Waals surface area contributed by atoms with E-state index in [-0.39, 0.29) is 0 Å². The number of rotatable bonds is 16. The van der Waals surface area contributed by atoms with Gasteiger partial charge in [0.25, 0.3) is 0 Å². The second-order valence-electron chi connectivity index (χ2n) is 6.71. The highest BCUT2D eigenvalue weighted by molar-refractivity contribution is 4.49. The fourth-order valence-corrected chi connectivity index (χ4v) is 2.54. The first-order chi connectivity index (χ1) is 9.77. The molecule has 0 aromatic rings. The molecular formula is C19H40O. The summed E-state index contributed by atoms with van der Waals surface area (Å²) in [5.74, 6) is 0.678. The van der Waals surface area contributed by atoms with Crippen molar-refractivity contribution in [1.29, 1.82) is 0 Å². The zero-order valence-corrected chi connectivity index (χ0v) is 14.6. The summed E-state index contributed by atoms with van der Waals surface area (Å²) >= 11 is 0. The first-order valence-corrected chi connectivity index (χ1v) is 9.35. The molecule has 0 saturated carbocycles. The molecule has 0 radical (unpaired) electrons. The first kappa shape index (κ1) is 20.0. The van der Waals surface area contributed by atoms with Crippen LogP contribution < -0.4 is 0 Å². The summed E-state index contributed by atoms with van der Waals surface area (Å²) in [7, 11) is 0. The highest BCUT2D eigenvalue weighted by Crippen LogP contribution is 2.12. The molecule has 0 amide bonds. The SMILES string of the molecule is CCCCCCCCCCCCCCCOCC(C)C. The van der Waals surface area contributed by atoms with E-state index in [1.165, 1.54) is 83.5 Å². The van der Waals surface area contributed by atoms with Crippen molar-refractivity contribution in [2.45, 2.75) is 104 Å². The van der Waals surface area contributed by atoms with Crippen LogP contribution in [-0.2, 0) is 4.74 Å². The Morgan fingerprint density at radius 2 is 1.00 bits per heavy atom. The van der Waals surface area contributed by atoms with Crippen LogP contribution in [0.25, 0.3) is 0 Å². The van der Waals surface area contributed by atoms with Gasteiger partial charge >= 0.3 is 0 Å². The number of hydrogen-bond donors (Lipinski definition) is 0. The summed E-state index contributed by atoms with van der Waals surface area (Å²) in [6, 6.07) is 0. The average Bonchev–Trinajstić information content (AvgIpc) is 2.43. The fourth-order valence-electron chi connectivity index (χ4n) is 2.54. The summed E-state index contributed by atoms with van der Waals surface area (Å²) in [5.41, 5.74) is 0. The van der Waals surface area contributed by atoms with Gasteiger partial charge in [-0.1, -0.05) is 97.8 Å². The van der Waals surface area contributed by atoms with Crippen LogP contribution in [0.2, 0.25) is 0 Å². The predicted molar refractivity (Wildman–Crippen MR) is 91.4 cm³/mol. The van der Waals surface area contributed by atoms with Crippen LogP contribution in [0.1, 0.15) is 104 Å². The molecule has 0 fully saturated rings. The third-order valence-electron chi connectivity index (χ3n) is 3.84. The molecule has 0 aromatic heterocycles. The van der Waals surface area contributed by atoms with Crippen LogP contribution in [0.15, 0.2) is 0 Å². The minimum Gasteiger partial charge on any atom is -0.381 e. The molecule has 0 saturated heterocycles. The zero-order chi connectivity index (χ0) is 14.9.